The molecule has 0 aromatic heterocycles. The molecule has 1 N–H and O–H groups in total. The molecule has 0 heterocycles. The van der Waals surface area contributed by atoms with Gasteiger partial charge in [0.15, 0.2) is 0 Å². The van der Waals surface area contributed by atoms with Gasteiger partial charge in [-0.2, -0.15) is 0 Å². The maximum absolute atomic E-state index is 14.9. The van der Waals surface area contributed by atoms with E-state index in [0.717, 1.165) is 34.1 Å². The van der Waals surface area contributed by atoms with E-state index in [4.69, 9.17) is 4.74 Å². The van der Waals surface area contributed by atoms with Crippen molar-refractivity contribution in [2.45, 2.75) is 30.8 Å². The third kappa shape index (κ3) is 7.78. The summed E-state index contributed by atoms with van der Waals surface area (Å²) in [5.74, 6) is -1.98. The Hall–Kier alpha value is -4.77. The molecule has 0 aliphatic rings. The minimum Gasteiger partial charge on any atom is -0.494 e. The van der Waals surface area contributed by atoms with E-state index in [0.29, 0.717) is 12.4 Å². The van der Waals surface area contributed by atoms with Crippen LogP contribution in [-0.4, -0.2) is 51.4 Å². The molecule has 44 heavy (non-hydrogen) atoms. The second-order valence-corrected chi connectivity index (χ2v) is 11.7. The molecule has 0 spiro atoms. The Kier molecular flexibility index (Phi) is 10.7. The van der Waals surface area contributed by atoms with E-state index in [1.165, 1.54) is 42.3 Å². The number of carbonyl (C=O) groups is 2. The van der Waals surface area contributed by atoms with Crippen LogP contribution in [0, 0.1) is 11.6 Å². The molecular weight excluding hydrogens is 588 g/mol. The topological polar surface area (TPSA) is 96.0 Å². The van der Waals surface area contributed by atoms with Crippen LogP contribution in [0.2, 0.25) is 0 Å². The maximum atomic E-state index is 14.9. The predicted molar refractivity (Wildman–Crippen MR) is 163 cm³/mol. The molecule has 4 aromatic carbocycles. The second-order valence-electron chi connectivity index (χ2n) is 9.83. The summed E-state index contributed by atoms with van der Waals surface area (Å²) >= 11 is 0. The molecule has 11 heteroatoms. The molecule has 4 rings (SSSR count). The first-order valence-corrected chi connectivity index (χ1v) is 15.4. The zero-order valence-electron chi connectivity index (χ0n) is 24.3. The monoisotopic (exact) mass is 621 g/mol. The zero-order chi connectivity index (χ0) is 31.7. The average molecular weight is 622 g/mol. The van der Waals surface area contributed by atoms with E-state index >= 15 is 0 Å². The number of amides is 2. The standard InChI is InChI=1S/C33H33F2N3O5S/c1-3-43-28-17-15-27(16-18-28)38(44(41,42)29-19-13-26(34)14-20-29)23-32(39)37(22-25-11-7-8-12-30(25)35)31(33(40)36-2)21-24-9-5-4-6-10-24/h4-20,31H,3,21-23H2,1-2H3,(H,36,40)/t31-/m1/s1. The third-order valence-electron chi connectivity index (χ3n) is 6.93. The van der Waals surface area contributed by atoms with Crippen molar-refractivity contribution >= 4 is 27.5 Å². The van der Waals surface area contributed by atoms with Gasteiger partial charge in [0.05, 0.1) is 17.2 Å². The number of anilines is 1. The quantitative estimate of drug-likeness (QED) is 0.228. The Morgan fingerprint density at radius 1 is 0.864 bits per heavy atom. The van der Waals surface area contributed by atoms with Crippen LogP contribution in [0.1, 0.15) is 18.1 Å². The Morgan fingerprint density at radius 2 is 1.50 bits per heavy atom. The van der Waals surface area contributed by atoms with Gasteiger partial charge in [-0.1, -0.05) is 48.5 Å². The SMILES string of the molecule is CCOc1ccc(N(CC(=O)N(Cc2ccccc2F)[C@H](Cc2ccccc2)C(=O)NC)S(=O)(=O)c2ccc(F)cc2)cc1. The number of halogens is 2. The lowest BCUT2D eigenvalue weighted by Gasteiger charge is -2.33. The van der Waals surface area contributed by atoms with Crippen molar-refractivity contribution in [3.05, 3.63) is 126 Å². The molecule has 0 fully saturated rings. The molecule has 0 bridgehead atoms. The summed E-state index contributed by atoms with van der Waals surface area (Å²) < 4.78 is 62.8. The Morgan fingerprint density at radius 3 is 2.11 bits per heavy atom. The van der Waals surface area contributed by atoms with E-state index in [9.17, 15) is 26.8 Å². The molecule has 0 saturated heterocycles. The van der Waals surface area contributed by atoms with Gasteiger partial charge in [-0.05, 0) is 67.1 Å². The first-order chi connectivity index (χ1) is 21.1. The van der Waals surface area contributed by atoms with Crippen molar-refractivity contribution in [3.63, 3.8) is 0 Å². The number of benzene rings is 4. The lowest BCUT2D eigenvalue weighted by Crippen LogP contribution is -2.53. The van der Waals surface area contributed by atoms with Crippen molar-refractivity contribution in [3.8, 4) is 5.75 Å². The molecule has 1 atom stereocenters. The fraction of sp³-hybridized carbons (Fsp3) is 0.212. The second kappa shape index (κ2) is 14.6. The van der Waals surface area contributed by atoms with Crippen molar-refractivity contribution in [1.82, 2.24) is 10.2 Å². The normalized spacial score (nSPS) is 11.8. The van der Waals surface area contributed by atoms with E-state index in [1.807, 2.05) is 6.07 Å². The van der Waals surface area contributed by atoms with E-state index in [2.05, 4.69) is 5.32 Å². The first-order valence-electron chi connectivity index (χ1n) is 13.9. The zero-order valence-corrected chi connectivity index (χ0v) is 25.1. The largest absolute Gasteiger partial charge is 0.494 e. The molecule has 0 aliphatic carbocycles. The Labute approximate surface area is 255 Å². The van der Waals surface area contributed by atoms with Gasteiger partial charge in [-0.15, -0.1) is 0 Å². The van der Waals surface area contributed by atoms with Crippen LogP contribution >= 0.6 is 0 Å². The van der Waals surface area contributed by atoms with E-state index in [-0.39, 0.29) is 29.1 Å². The summed E-state index contributed by atoms with van der Waals surface area (Å²) in [5, 5.41) is 2.58. The van der Waals surface area contributed by atoms with Crippen molar-refractivity contribution in [2.75, 3.05) is 24.5 Å². The summed E-state index contributed by atoms with van der Waals surface area (Å²) in [5.41, 5.74) is 1.03. The van der Waals surface area contributed by atoms with Gasteiger partial charge in [-0.25, -0.2) is 17.2 Å². The van der Waals surface area contributed by atoms with Crippen LogP contribution in [0.4, 0.5) is 14.5 Å². The number of carbonyl (C=O) groups excluding carboxylic acids is 2. The van der Waals surface area contributed by atoms with E-state index in [1.54, 1.807) is 49.4 Å². The minimum absolute atomic E-state index is 0.0917. The number of nitrogens with one attached hydrogen (secondary N) is 1. The molecule has 0 aliphatic heterocycles. The molecule has 8 nitrogen and oxygen atoms in total. The van der Waals surface area contributed by atoms with Crippen LogP contribution in [0.15, 0.2) is 108 Å². The molecule has 230 valence electrons. The molecule has 4 aromatic rings. The predicted octanol–water partition coefficient (Wildman–Crippen LogP) is 4.94. The van der Waals surface area contributed by atoms with Crippen molar-refractivity contribution in [2.24, 2.45) is 0 Å². The summed E-state index contributed by atoms with van der Waals surface area (Å²) in [6.45, 7) is 1.16. The number of sulfonamides is 1. The fourth-order valence-corrected chi connectivity index (χ4v) is 6.08. The summed E-state index contributed by atoms with van der Waals surface area (Å²) in [6, 6.07) is 24.1. The highest BCUT2D eigenvalue weighted by atomic mass is 32.2. The molecule has 0 saturated carbocycles. The number of rotatable bonds is 13. The number of nitrogens with zero attached hydrogens (tertiary/aromatic N) is 2. The number of ether oxygens (including phenoxy) is 1. The molecule has 0 unspecified atom stereocenters. The lowest BCUT2D eigenvalue weighted by atomic mass is 10.0. The van der Waals surface area contributed by atoms with Crippen LogP contribution < -0.4 is 14.4 Å². The maximum Gasteiger partial charge on any atom is 0.264 e. The summed E-state index contributed by atoms with van der Waals surface area (Å²) in [6.07, 6.45) is 0.0917. The number of likely N-dealkylation sites (N-methyl/N-ethyl adjacent to an activating group) is 1. The van der Waals surface area contributed by atoms with Crippen LogP contribution in [0.25, 0.3) is 0 Å². The molecule has 2 amide bonds. The van der Waals surface area contributed by atoms with Crippen molar-refractivity contribution < 1.29 is 31.5 Å². The summed E-state index contributed by atoms with van der Waals surface area (Å²) in [7, 11) is -2.98. The summed E-state index contributed by atoms with van der Waals surface area (Å²) in [4.78, 5) is 28.4. The third-order valence-corrected chi connectivity index (χ3v) is 8.72. The Bertz CT molecular complexity index is 1670. The van der Waals surface area contributed by atoms with Gasteiger partial charge in [-0.3, -0.25) is 13.9 Å². The number of hydrogen-bond acceptors (Lipinski definition) is 5. The highest BCUT2D eigenvalue weighted by Crippen LogP contribution is 2.27. The van der Waals surface area contributed by atoms with Crippen LogP contribution in [0.5, 0.6) is 5.75 Å². The fourth-order valence-electron chi connectivity index (χ4n) is 4.67. The van der Waals surface area contributed by atoms with Crippen LogP contribution in [-0.2, 0) is 32.6 Å². The van der Waals surface area contributed by atoms with Gasteiger partial charge >= 0.3 is 0 Å². The highest BCUT2D eigenvalue weighted by molar-refractivity contribution is 7.92. The van der Waals surface area contributed by atoms with Gasteiger partial charge in [0.25, 0.3) is 10.0 Å². The molecule has 0 radical (unpaired) electrons. The van der Waals surface area contributed by atoms with Crippen molar-refractivity contribution in [1.29, 1.82) is 0 Å². The highest BCUT2D eigenvalue weighted by Gasteiger charge is 2.34. The van der Waals surface area contributed by atoms with Gasteiger partial charge in [0.2, 0.25) is 11.8 Å². The van der Waals surface area contributed by atoms with Gasteiger partial charge in [0, 0.05) is 25.6 Å². The average Bonchev–Trinajstić information content (AvgIpc) is 3.03. The van der Waals surface area contributed by atoms with Crippen LogP contribution in [0.3, 0.4) is 0 Å². The smallest absolute Gasteiger partial charge is 0.264 e. The Balaban J connectivity index is 1.79. The minimum atomic E-state index is -4.41. The van der Waals surface area contributed by atoms with Gasteiger partial charge in [0.1, 0.15) is 30.0 Å². The van der Waals surface area contributed by atoms with Gasteiger partial charge < -0.3 is 15.0 Å². The molecular formula is C33H33F2N3O5S. The first kappa shape index (κ1) is 32.2. The lowest BCUT2D eigenvalue weighted by molar-refractivity contribution is -0.139. The number of hydrogen-bond donors (Lipinski definition) is 1. The van der Waals surface area contributed by atoms with E-state index < -0.39 is 46.1 Å².